The minimum absolute atomic E-state index is 0.00897. The zero-order valence-electron chi connectivity index (χ0n) is 13.2. The molecule has 3 N–H and O–H groups in total. The Morgan fingerprint density at radius 1 is 1.29 bits per heavy atom. The minimum atomic E-state index is -0.0125. The SMILES string of the molecule is COc1ccc(Cl)cc1C(NN)C1(N(C)C)CCCCC1. The molecule has 0 radical (unpaired) electrons. The molecule has 0 aliphatic heterocycles. The number of ether oxygens (including phenoxy) is 1. The Morgan fingerprint density at radius 3 is 2.48 bits per heavy atom. The maximum atomic E-state index is 6.20. The largest absolute Gasteiger partial charge is 0.496 e. The molecule has 1 unspecified atom stereocenters. The number of hydrazine groups is 1. The molecule has 4 nitrogen and oxygen atoms in total. The number of benzene rings is 1. The summed E-state index contributed by atoms with van der Waals surface area (Å²) in [4.78, 5) is 2.30. The van der Waals surface area contributed by atoms with Crippen molar-refractivity contribution in [3.05, 3.63) is 28.8 Å². The lowest BCUT2D eigenvalue weighted by molar-refractivity contribution is 0.0554. The number of nitrogens with two attached hydrogens (primary N) is 1. The van der Waals surface area contributed by atoms with Crippen molar-refractivity contribution >= 4 is 11.6 Å². The van der Waals surface area contributed by atoms with Crippen LogP contribution in [0.4, 0.5) is 0 Å². The molecule has 1 aliphatic rings. The lowest BCUT2D eigenvalue weighted by atomic mass is 9.73. The van der Waals surface area contributed by atoms with Crippen molar-refractivity contribution in [2.24, 2.45) is 5.84 Å². The highest BCUT2D eigenvalue weighted by Gasteiger charge is 2.43. The number of methoxy groups -OCH3 is 1. The van der Waals surface area contributed by atoms with Crippen molar-refractivity contribution in [2.75, 3.05) is 21.2 Å². The van der Waals surface area contributed by atoms with Crippen LogP contribution in [0, 0.1) is 0 Å². The lowest BCUT2D eigenvalue weighted by Gasteiger charge is -2.48. The molecular weight excluding hydrogens is 286 g/mol. The van der Waals surface area contributed by atoms with E-state index in [1.807, 2.05) is 18.2 Å². The highest BCUT2D eigenvalue weighted by Crippen LogP contribution is 2.44. The zero-order chi connectivity index (χ0) is 15.5. The van der Waals surface area contributed by atoms with E-state index in [9.17, 15) is 0 Å². The highest BCUT2D eigenvalue weighted by atomic mass is 35.5. The topological polar surface area (TPSA) is 50.5 Å². The molecule has 2 rings (SSSR count). The first-order valence-electron chi connectivity index (χ1n) is 7.52. The Kier molecular flexibility index (Phi) is 5.49. The van der Waals surface area contributed by atoms with E-state index in [-0.39, 0.29) is 11.6 Å². The van der Waals surface area contributed by atoms with Crippen molar-refractivity contribution in [1.82, 2.24) is 10.3 Å². The molecule has 0 saturated heterocycles. The van der Waals surface area contributed by atoms with Crippen molar-refractivity contribution in [3.8, 4) is 5.75 Å². The van der Waals surface area contributed by atoms with Gasteiger partial charge in [-0.3, -0.25) is 11.3 Å². The standard InChI is InChI=1S/C16H26ClN3O/c1-20(2)16(9-5-4-6-10-16)15(19-18)13-11-12(17)7-8-14(13)21-3/h7-8,11,15,19H,4-6,9-10,18H2,1-3H3. The van der Waals surface area contributed by atoms with E-state index in [0.717, 1.165) is 24.2 Å². The van der Waals surface area contributed by atoms with Crippen molar-refractivity contribution in [3.63, 3.8) is 0 Å². The minimum Gasteiger partial charge on any atom is -0.496 e. The van der Waals surface area contributed by atoms with Crippen molar-refractivity contribution in [1.29, 1.82) is 0 Å². The van der Waals surface area contributed by atoms with Gasteiger partial charge in [-0.25, -0.2) is 0 Å². The van der Waals surface area contributed by atoms with Crippen LogP contribution in [0.5, 0.6) is 5.75 Å². The van der Waals surface area contributed by atoms with Crippen LogP contribution in [0.3, 0.4) is 0 Å². The van der Waals surface area contributed by atoms with Gasteiger partial charge < -0.3 is 9.64 Å². The molecule has 0 spiro atoms. The third-order valence-electron chi connectivity index (χ3n) is 4.82. The van der Waals surface area contributed by atoms with E-state index < -0.39 is 0 Å². The first kappa shape index (κ1) is 16.6. The quantitative estimate of drug-likeness (QED) is 0.648. The number of nitrogens with one attached hydrogen (secondary N) is 1. The van der Waals surface area contributed by atoms with E-state index in [1.54, 1.807) is 7.11 Å². The van der Waals surface area contributed by atoms with Gasteiger partial charge in [-0.2, -0.15) is 0 Å². The summed E-state index contributed by atoms with van der Waals surface area (Å²) in [6.45, 7) is 0. The summed E-state index contributed by atoms with van der Waals surface area (Å²) in [7, 11) is 5.95. The fourth-order valence-corrected chi connectivity index (χ4v) is 3.80. The van der Waals surface area contributed by atoms with Gasteiger partial charge in [0.2, 0.25) is 0 Å². The van der Waals surface area contributed by atoms with Gasteiger partial charge in [0.1, 0.15) is 5.75 Å². The number of hydrogen-bond donors (Lipinski definition) is 2. The maximum absolute atomic E-state index is 6.20. The van der Waals surface area contributed by atoms with E-state index in [2.05, 4.69) is 24.4 Å². The summed E-state index contributed by atoms with van der Waals surface area (Å²) < 4.78 is 5.53. The second-order valence-electron chi connectivity index (χ2n) is 6.04. The molecule has 1 fully saturated rings. The second-order valence-corrected chi connectivity index (χ2v) is 6.48. The number of likely N-dealkylation sites (N-methyl/N-ethyl adjacent to an activating group) is 1. The van der Waals surface area contributed by atoms with Gasteiger partial charge in [-0.05, 0) is 45.1 Å². The first-order chi connectivity index (χ1) is 10.0. The molecule has 5 heteroatoms. The van der Waals surface area contributed by atoms with Crippen LogP contribution in [0.25, 0.3) is 0 Å². The van der Waals surface area contributed by atoms with Crippen LogP contribution in [0.2, 0.25) is 5.02 Å². The normalized spacial score (nSPS) is 19.5. The zero-order valence-corrected chi connectivity index (χ0v) is 13.9. The number of halogens is 1. The van der Waals surface area contributed by atoms with E-state index >= 15 is 0 Å². The molecule has 21 heavy (non-hydrogen) atoms. The molecule has 0 bridgehead atoms. The lowest BCUT2D eigenvalue weighted by Crippen LogP contribution is -2.56. The van der Waals surface area contributed by atoms with Crippen LogP contribution in [0.15, 0.2) is 18.2 Å². The fraction of sp³-hybridized carbons (Fsp3) is 0.625. The predicted molar refractivity (Wildman–Crippen MR) is 87.6 cm³/mol. The fourth-order valence-electron chi connectivity index (χ4n) is 3.62. The average Bonchev–Trinajstić information content (AvgIpc) is 2.49. The van der Waals surface area contributed by atoms with Crippen LogP contribution < -0.4 is 16.0 Å². The first-order valence-corrected chi connectivity index (χ1v) is 7.90. The molecule has 1 saturated carbocycles. The van der Waals surface area contributed by atoms with E-state index in [4.69, 9.17) is 22.2 Å². The Labute approximate surface area is 132 Å². The molecular formula is C16H26ClN3O. The van der Waals surface area contributed by atoms with Crippen LogP contribution in [0.1, 0.15) is 43.7 Å². The Morgan fingerprint density at radius 2 is 1.95 bits per heavy atom. The van der Waals surface area contributed by atoms with Gasteiger partial charge in [0.05, 0.1) is 13.2 Å². The van der Waals surface area contributed by atoms with Gasteiger partial charge in [0.15, 0.2) is 0 Å². The van der Waals surface area contributed by atoms with Gasteiger partial charge in [-0.15, -0.1) is 0 Å². The summed E-state index contributed by atoms with van der Waals surface area (Å²) >= 11 is 6.20. The molecule has 1 aromatic carbocycles. The highest BCUT2D eigenvalue weighted by molar-refractivity contribution is 6.30. The van der Waals surface area contributed by atoms with Crippen molar-refractivity contribution < 1.29 is 4.74 Å². The van der Waals surface area contributed by atoms with Crippen molar-refractivity contribution in [2.45, 2.75) is 43.7 Å². The molecule has 0 aromatic heterocycles. The van der Waals surface area contributed by atoms with E-state index in [1.165, 1.54) is 19.3 Å². The van der Waals surface area contributed by atoms with Gasteiger partial charge in [0.25, 0.3) is 0 Å². The maximum Gasteiger partial charge on any atom is 0.123 e. The summed E-state index contributed by atoms with van der Waals surface area (Å²) in [5, 5.41) is 0.704. The summed E-state index contributed by atoms with van der Waals surface area (Å²) in [5.74, 6) is 6.78. The Bertz CT molecular complexity index is 473. The van der Waals surface area contributed by atoms with E-state index in [0.29, 0.717) is 5.02 Å². The molecule has 0 heterocycles. The number of rotatable bonds is 5. The average molecular weight is 312 g/mol. The van der Waals surface area contributed by atoms with Gasteiger partial charge in [-0.1, -0.05) is 30.9 Å². The Hall–Kier alpha value is -0.810. The molecule has 118 valence electrons. The van der Waals surface area contributed by atoms with Crippen LogP contribution in [-0.4, -0.2) is 31.6 Å². The molecule has 1 atom stereocenters. The summed E-state index contributed by atoms with van der Waals surface area (Å²) in [6, 6.07) is 5.71. The molecule has 1 aliphatic carbocycles. The summed E-state index contributed by atoms with van der Waals surface area (Å²) in [6.07, 6.45) is 5.97. The van der Waals surface area contributed by atoms with Crippen LogP contribution >= 0.6 is 11.6 Å². The monoisotopic (exact) mass is 311 g/mol. The smallest absolute Gasteiger partial charge is 0.123 e. The number of hydrogen-bond acceptors (Lipinski definition) is 4. The summed E-state index contributed by atoms with van der Waals surface area (Å²) in [5.41, 5.74) is 4.05. The van der Waals surface area contributed by atoms with Gasteiger partial charge >= 0.3 is 0 Å². The second kappa shape index (κ2) is 6.97. The molecule has 1 aromatic rings. The van der Waals surface area contributed by atoms with Crippen LogP contribution in [-0.2, 0) is 0 Å². The third-order valence-corrected chi connectivity index (χ3v) is 5.05. The Balaban J connectivity index is 2.48. The third kappa shape index (κ3) is 3.19. The predicted octanol–water partition coefficient (Wildman–Crippen LogP) is 3.12. The number of nitrogens with zero attached hydrogens (tertiary/aromatic N) is 1. The van der Waals surface area contributed by atoms with Gasteiger partial charge in [0, 0.05) is 16.1 Å². The molecule has 0 amide bonds.